The van der Waals surface area contributed by atoms with Gasteiger partial charge in [0.1, 0.15) is 12.6 Å². The molecule has 2 aromatic rings. The van der Waals surface area contributed by atoms with Crippen LogP contribution in [-0.4, -0.2) is 41.5 Å². The van der Waals surface area contributed by atoms with Crippen LogP contribution < -0.4 is 20.9 Å². The summed E-state index contributed by atoms with van der Waals surface area (Å²) in [5.41, 5.74) is 1.43. The molecule has 9 nitrogen and oxygen atoms in total. The summed E-state index contributed by atoms with van der Waals surface area (Å²) in [5.74, 6) is -2.12. The minimum Gasteiger partial charge on any atom is -0.479 e. The summed E-state index contributed by atoms with van der Waals surface area (Å²) in [4.78, 5) is 51.1. The number of nitrogens with zero attached hydrogens (tertiary/aromatic N) is 1. The molecule has 4 N–H and O–H groups in total. The zero-order valence-corrected chi connectivity index (χ0v) is 17.9. The van der Waals surface area contributed by atoms with Crippen LogP contribution in [-0.2, 0) is 14.4 Å². The van der Waals surface area contributed by atoms with Crippen molar-refractivity contribution in [1.29, 1.82) is 0 Å². The fourth-order valence-electron chi connectivity index (χ4n) is 3.52. The van der Waals surface area contributed by atoms with E-state index in [2.05, 4.69) is 16.0 Å². The van der Waals surface area contributed by atoms with Gasteiger partial charge in [0, 0.05) is 0 Å². The minimum atomic E-state index is -1.25. The van der Waals surface area contributed by atoms with Crippen molar-refractivity contribution in [3.8, 4) is 0 Å². The highest BCUT2D eigenvalue weighted by molar-refractivity contribution is 6.10. The number of carboxylic acids is 1. The number of aliphatic carboxylic acids is 1. The number of rotatable bonds is 7. The number of amides is 4. The number of fused-ring (bicyclic) bond motifs is 1. The van der Waals surface area contributed by atoms with Crippen LogP contribution in [0.25, 0.3) is 0 Å². The largest absolute Gasteiger partial charge is 0.479 e. The average molecular weight is 438 g/mol. The molecule has 1 aliphatic heterocycles. The molecule has 1 heterocycles. The third kappa shape index (κ3) is 5.42. The summed E-state index contributed by atoms with van der Waals surface area (Å²) >= 11 is 0. The molecule has 4 amide bonds. The number of carbonyl (C=O) groups is 4. The van der Waals surface area contributed by atoms with Gasteiger partial charge in [-0.05, 0) is 30.0 Å². The van der Waals surface area contributed by atoms with Gasteiger partial charge in [-0.1, -0.05) is 56.3 Å². The summed E-state index contributed by atoms with van der Waals surface area (Å²) in [6, 6.07) is 12.4. The second-order valence-electron chi connectivity index (χ2n) is 7.97. The van der Waals surface area contributed by atoms with E-state index in [1.165, 1.54) is 4.90 Å². The topological polar surface area (TPSA) is 128 Å². The van der Waals surface area contributed by atoms with Crippen molar-refractivity contribution in [3.63, 3.8) is 0 Å². The molecule has 0 spiro atoms. The van der Waals surface area contributed by atoms with Gasteiger partial charge in [-0.25, -0.2) is 9.59 Å². The van der Waals surface area contributed by atoms with Crippen molar-refractivity contribution >= 4 is 35.2 Å². The molecule has 0 aliphatic carbocycles. The van der Waals surface area contributed by atoms with Gasteiger partial charge in [-0.2, -0.15) is 0 Å². The van der Waals surface area contributed by atoms with E-state index >= 15 is 0 Å². The van der Waals surface area contributed by atoms with Crippen LogP contribution in [0.15, 0.2) is 54.6 Å². The molecule has 0 saturated heterocycles. The summed E-state index contributed by atoms with van der Waals surface area (Å²) in [7, 11) is 0. The lowest BCUT2D eigenvalue weighted by atomic mass is 10.0. The Hall–Kier alpha value is -3.88. The van der Waals surface area contributed by atoms with Crippen molar-refractivity contribution in [3.05, 3.63) is 60.2 Å². The van der Waals surface area contributed by atoms with Gasteiger partial charge in [-0.3, -0.25) is 14.5 Å². The van der Waals surface area contributed by atoms with Gasteiger partial charge in [-0.15, -0.1) is 0 Å². The molecule has 9 heteroatoms. The molecule has 1 aliphatic rings. The standard InChI is InChI=1S/C23H26N4O5/c1-14(2)12-17(21(29)26-20(22(30)31)15-8-4-3-5-9-15)25-23(32)27-13-19(28)24-16-10-6-7-11-18(16)27/h3-11,14,17,20H,12-13H2,1-2H3,(H,24,28)(H,25,32)(H,26,29)(H,30,31)/t17-,20+/m0/s1. The molecule has 2 aromatic carbocycles. The molecule has 168 valence electrons. The number of para-hydroxylation sites is 2. The molecule has 32 heavy (non-hydrogen) atoms. The third-order valence-corrected chi connectivity index (χ3v) is 5.00. The molecule has 0 aromatic heterocycles. The van der Waals surface area contributed by atoms with Gasteiger partial charge < -0.3 is 21.1 Å². The molecule has 0 saturated carbocycles. The van der Waals surface area contributed by atoms with E-state index < -0.39 is 30.0 Å². The molecule has 0 unspecified atom stereocenters. The van der Waals surface area contributed by atoms with Gasteiger partial charge in [0.2, 0.25) is 11.8 Å². The summed E-state index contributed by atoms with van der Waals surface area (Å²) in [6.45, 7) is 3.59. The van der Waals surface area contributed by atoms with E-state index in [0.29, 0.717) is 23.4 Å². The van der Waals surface area contributed by atoms with Crippen LogP contribution in [0.1, 0.15) is 31.9 Å². The Labute approximate surface area is 185 Å². The number of benzene rings is 2. The molecular formula is C23H26N4O5. The Balaban J connectivity index is 1.79. The van der Waals surface area contributed by atoms with Gasteiger partial charge in [0.05, 0.1) is 11.4 Å². The predicted octanol–water partition coefficient (Wildman–Crippen LogP) is 2.51. The smallest absolute Gasteiger partial charge is 0.330 e. The maximum absolute atomic E-state index is 13.0. The van der Waals surface area contributed by atoms with Crippen LogP contribution in [0.2, 0.25) is 0 Å². The normalized spacial score (nSPS) is 14.7. The maximum atomic E-state index is 13.0. The lowest BCUT2D eigenvalue weighted by Crippen LogP contribution is -2.55. The highest BCUT2D eigenvalue weighted by Crippen LogP contribution is 2.29. The molecule has 3 rings (SSSR count). The summed E-state index contributed by atoms with van der Waals surface area (Å²) in [5, 5.41) is 17.5. The highest BCUT2D eigenvalue weighted by atomic mass is 16.4. The lowest BCUT2D eigenvalue weighted by molar-refractivity contribution is -0.142. The second-order valence-corrected chi connectivity index (χ2v) is 7.97. The first-order valence-corrected chi connectivity index (χ1v) is 10.3. The Bertz CT molecular complexity index is 1010. The lowest BCUT2D eigenvalue weighted by Gasteiger charge is -2.31. The van der Waals surface area contributed by atoms with Crippen LogP contribution in [0.4, 0.5) is 16.2 Å². The van der Waals surface area contributed by atoms with Crippen LogP contribution >= 0.6 is 0 Å². The fourth-order valence-corrected chi connectivity index (χ4v) is 3.52. The average Bonchev–Trinajstić information content (AvgIpc) is 2.76. The van der Waals surface area contributed by atoms with E-state index in [1.807, 2.05) is 13.8 Å². The Kier molecular flexibility index (Phi) is 7.09. The minimum absolute atomic E-state index is 0.0444. The van der Waals surface area contributed by atoms with Crippen molar-refractivity contribution in [2.45, 2.75) is 32.4 Å². The van der Waals surface area contributed by atoms with Crippen molar-refractivity contribution in [2.24, 2.45) is 5.92 Å². The fraction of sp³-hybridized carbons (Fsp3) is 0.304. The molecule has 0 bridgehead atoms. The number of nitrogens with one attached hydrogen (secondary N) is 3. The van der Waals surface area contributed by atoms with E-state index in [4.69, 9.17) is 0 Å². The zero-order valence-electron chi connectivity index (χ0n) is 17.9. The van der Waals surface area contributed by atoms with Gasteiger partial charge >= 0.3 is 12.0 Å². The Morgan fingerprint density at radius 3 is 2.34 bits per heavy atom. The molecular weight excluding hydrogens is 412 g/mol. The number of carboxylic acid groups (broad SMARTS) is 1. The highest BCUT2D eigenvalue weighted by Gasteiger charge is 2.32. The monoisotopic (exact) mass is 438 g/mol. The van der Waals surface area contributed by atoms with Crippen molar-refractivity contribution in [2.75, 3.05) is 16.8 Å². The Morgan fingerprint density at radius 1 is 1.03 bits per heavy atom. The van der Waals surface area contributed by atoms with E-state index in [9.17, 15) is 24.3 Å². The predicted molar refractivity (Wildman–Crippen MR) is 119 cm³/mol. The number of hydrogen-bond donors (Lipinski definition) is 4. The molecule has 0 fully saturated rings. The second kappa shape index (κ2) is 9.95. The van der Waals surface area contributed by atoms with Gasteiger partial charge in [0.15, 0.2) is 6.04 Å². The first-order chi connectivity index (χ1) is 15.3. The van der Waals surface area contributed by atoms with Crippen LogP contribution in [0.5, 0.6) is 0 Å². The van der Waals surface area contributed by atoms with Crippen LogP contribution in [0, 0.1) is 5.92 Å². The first-order valence-electron chi connectivity index (χ1n) is 10.3. The maximum Gasteiger partial charge on any atom is 0.330 e. The quantitative estimate of drug-likeness (QED) is 0.528. The van der Waals surface area contributed by atoms with Crippen molar-refractivity contribution < 1.29 is 24.3 Å². The third-order valence-electron chi connectivity index (χ3n) is 5.00. The van der Waals surface area contributed by atoms with E-state index in [1.54, 1.807) is 54.6 Å². The number of carbonyl (C=O) groups excluding carboxylic acids is 3. The van der Waals surface area contributed by atoms with Gasteiger partial charge in [0.25, 0.3) is 0 Å². The molecule has 2 atom stereocenters. The number of anilines is 2. The van der Waals surface area contributed by atoms with Crippen LogP contribution in [0.3, 0.4) is 0 Å². The zero-order chi connectivity index (χ0) is 23.3. The Morgan fingerprint density at radius 2 is 1.69 bits per heavy atom. The molecule has 0 radical (unpaired) electrons. The number of hydrogen-bond acceptors (Lipinski definition) is 4. The van der Waals surface area contributed by atoms with E-state index in [0.717, 1.165) is 0 Å². The van der Waals surface area contributed by atoms with Crippen molar-refractivity contribution in [1.82, 2.24) is 10.6 Å². The van der Waals surface area contributed by atoms with E-state index in [-0.39, 0.29) is 18.4 Å². The number of urea groups is 1. The SMILES string of the molecule is CC(C)C[C@H](NC(=O)N1CC(=O)Nc2ccccc21)C(=O)N[C@@H](C(=O)O)c1ccccc1. The first kappa shape index (κ1) is 22.8. The summed E-state index contributed by atoms with van der Waals surface area (Å²) < 4.78 is 0. The summed E-state index contributed by atoms with van der Waals surface area (Å²) in [6.07, 6.45) is 0.292.